The second-order valence-corrected chi connectivity index (χ2v) is 3.55. The molecule has 3 N–H and O–H groups in total. The van der Waals surface area contributed by atoms with Crippen molar-refractivity contribution in [1.82, 2.24) is 10.2 Å². The summed E-state index contributed by atoms with van der Waals surface area (Å²) in [7, 11) is -4.56. The van der Waals surface area contributed by atoms with Gasteiger partial charge >= 0.3 is 7.75 Å². The van der Waals surface area contributed by atoms with Crippen molar-refractivity contribution in [3.05, 3.63) is 0 Å². The van der Waals surface area contributed by atoms with Crippen LogP contribution in [0.3, 0.4) is 0 Å². The summed E-state index contributed by atoms with van der Waals surface area (Å²) in [6.45, 7) is 0. The topological polar surface area (TPSA) is 107 Å². The minimum atomic E-state index is -4.56. The van der Waals surface area contributed by atoms with Crippen molar-refractivity contribution in [3.63, 3.8) is 0 Å². The Bertz CT molecular complexity index is 255. The van der Waals surface area contributed by atoms with Gasteiger partial charge in [0.25, 0.3) is 0 Å². The number of rotatable bonds is 2. The maximum absolute atomic E-state index is 10.8. The third-order valence-electron chi connectivity index (χ3n) is 1.28. The maximum atomic E-state index is 10.8. The first-order valence-electron chi connectivity index (χ1n) is 3.09. The molecule has 1 saturated heterocycles. The van der Waals surface area contributed by atoms with Crippen molar-refractivity contribution in [1.29, 1.82) is 0 Å². The molecule has 68 valence electrons. The van der Waals surface area contributed by atoms with E-state index in [1.165, 1.54) is 5.20 Å². The zero-order chi connectivity index (χ0) is 9.35. The molecule has 0 bridgehead atoms. The Hall–Kier alpha value is -0.750. The second kappa shape index (κ2) is 2.95. The summed E-state index contributed by atoms with van der Waals surface area (Å²) in [5.74, 6) is -1.24. The normalized spacial score (nSPS) is 19.0. The number of carbonyl (C=O) groups is 2. The van der Waals surface area contributed by atoms with Gasteiger partial charge in [-0.15, -0.1) is 5.20 Å². The number of hydrogen-bond donors (Lipinski definition) is 3. The summed E-state index contributed by atoms with van der Waals surface area (Å²) in [4.78, 5) is 38.3. The lowest BCUT2D eigenvalue weighted by Gasteiger charge is -2.14. The first-order chi connectivity index (χ1) is 5.40. The van der Waals surface area contributed by atoms with Crippen LogP contribution >= 0.6 is 7.75 Å². The van der Waals surface area contributed by atoms with Gasteiger partial charge < -0.3 is 9.79 Å². The summed E-state index contributed by atoms with van der Waals surface area (Å²) in [5, 5.41) is 1.88. The molecule has 0 radical (unpaired) electrons. The lowest BCUT2D eigenvalue weighted by molar-refractivity contribution is -0.140. The third-order valence-corrected chi connectivity index (χ3v) is 1.74. The second-order valence-electron chi connectivity index (χ2n) is 2.27. The first-order valence-corrected chi connectivity index (χ1v) is 4.70. The van der Waals surface area contributed by atoms with Crippen molar-refractivity contribution >= 4 is 19.6 Å². The molecule has 1 aliphatic heterocycles. The summed E-state index contributed by atoms with van der Waals surface area (Å²) in [5.41, 5.74) is 0. The number of nitrogens with one attached hydrogen (secondary N) is 1. The summed E-state index contributed by atoms with van der Waals surface area (Å²) in [6, 6.07) is 0. The fraction of sp³-hybridized carbons (Fsp3) is 0.500. The fourth-order valence-corrected chi connectivity index (χ4v) is 1.30. The monoisotopic (exact) mass is 194 g/mol. The van der Waals surface area contributed by atoms with Crippen LogP contribution in [-0.2, 0) is 14.2 Å². The molecule has 0 saturated carbocycles. The summed E-state index contributed by atoms with van der Waals surface area (Å²) < 4.78 is 10.3. The van der Waals surface area contributed by atoms with E-state index in [2.05, 4.69) is 0 Å². The highest BCUT2D eigenvalue weighted by Crippen LogP contribution is 2.30. The number of hydrazine groups is 1. The van der Waals surface area contributed by atoms with Crippen LogP contribution < -0.4 is 5.20 Å². The Morgan fingerprint density at radius 3 is 2.00 bits per heavy atom. The molecule has 8 heteroatoms. The summed E-state index contributed by atoms with van der Waals surface area (Å²) in [6.07, 6.45) is -0.0162. The number of carbonyl (C=O) groups excluding carboxylic acids is 2. The lowest BCUT2D eigenvalue weighted by atomic mass is 10.4. The van der Waals surface area contributed by atoms with Crippen LogP contribution in [0, 0.1) is 0 Å². The van der Waals surface area contributed by atoms with Gasteiger partial charge in [-0.1, -0.05) is 0 Å². The van der Waals surface area contributed by atoms with Gasteiger partial charge in [0.15, 0.2) is 0 Å². The van der Waals surface area contributed by atoms with E-state index in [9.17, 15) is 14.2 Å². The molecule has 12 heavy (non-hydrogen) atoms. The largest absolute Gasteiger partial charge is 0.418 e. The molecule has 0 atom stereocenters. The zero-order valence-electron chi connectivity index (χ0n) is 5.93. The third kappa shape index (κ3) is 2.12. The van der Waals surface area contributed by atoms with E-state index in [0.717, 1.165) is 0 Å². The number of imide groups is 1. The molecule has 0 aromatic rings. The Morgan fingerprint density at radius 1 is 1.25 bits per heavy atom. The van der Waals surface area contributed by atoms with E-state index in [0.29, 0.717) is 5.01 Å². The highest BCUT2D eigenvalue weighted by Gasteiger charge is 2.33. The van der Waals surface area contributed by atoms with Gasteiger partial charge in [-0.05, 0) is 0 Å². The number of nitrogens with zero attached hydrogens (tertiary/aromatic N) is 1. The predicted molar refractivity (Wildman–Crippen MR) is 36.3 cm³/mol. The van der Waals surface area contributed by atoms with Crippen molar-refractivity contribution in [3.8, 4) is 0 Å². The SMILES string of the molecule is O=C1CCC(=O)N1NP(=O)(O)O. The van der Waals surface area contributed by atoms with E-state index >= 15 is 0 Å². The smallest absolute Gasteiger partial charge is 0.311 e. The Kier molecular flexibility index (Phi) is 2.29. The molecule has 7 nitrogen and oxygen atoms in total. The Morgan fingerprint density at radius 2 is 1.67 bits per heavy atom. The van der Waals surface area contributed by atoms with Crippen molar-refractivity contribution in [2.24, 2.45) is 0 Å². The van der Waals surface area contributed by atoms with Crippen LogP contribution in [0.2, 0.25) is 0 Å². The molecular weight excluding hydrogens is 187 g/mol. The van der Waals surface area contributed by atoms with Crippen LogP contribution in [0.25, 0.3) is 0 Å². The predicted octanol–water partition coefficient (Wildman–Crippen LogP) is -1.27. The minimum absolute atomic E-state index is 0.00810. The molecule has 2 amide bonds. The maximum Gasteiger partial charge on any atom is 0.418 e. The quantitative estimate of drug-likeness (QED) is 0.374. The van der Waals surface area contributed by atoms with E-state index in [1.807, 2.05) is 0 Å². The molecule has 1 rings (SSSR count). The number of hydrogen-bond acceptors (Lipinski definition) is 3. The molecule has 0 aliphatic carbocycles. The molecule has 0 aromatic heterocycles. The molecule has 0 spiro atoms. The van der Waals surface area contributed by atoms with Crippen LogP contribution in [0.5, 0.6) is 0 Å². The van der Waals surface area contributed by atoms with E-state index in [-0.39, 0.29) is 12.8 Å². The van der Waals surface area contributed by atoms with Gasteiger partial charge in [0.05, 0.1) is 0 Å². The average molecular weight is 194 g/mol. The fourth-order valence-electron chi connectivity index (χ4n) is 0.818. The van der Waals surface area contributed by atoms with Crippen LogP contribution in [-0.4, -0.2) is 26.6 Å². The molecule has 1 aliphatic rings. The molecule has 1 heterocycles. The zero-order valence-corrected chi connectivity index (χ0v) is 6.82. The lowest BCUT2D eigenvalue weighted by Crippen LogP contribution is -2.39. The molecule has 0 unspecified atom stereocenters. The van der Waals surface area contributed by atoms with Crippen LogP contribution in [0.1, 0.15) is 12.8 Å². The Labute approximate surface area is 67.5 Å². The van der Waals surface area contributed by atoms with E-state index in [1.54, 1.807) is 0 Å². The summed E-state index contributed by atoms with van der Waals surface area (Å²) >= 11 is 0. The van der Waals surface area contributed by atoms with Gasteiger partial charge in [-0.25, -0.2) is 9.57 Å². The molecule has 1 fully saturated rings. The molecule has 0 aromatic carbocycles. The van der Waals surface area contributed by atoms with Crippen LogP contribution in [0.15, 0.2) is 0 Å². The van der Waals surface area contributed by atoms with Gasteiger partial charge in [0.2, 0.25) is 11.8 Å². The standard InChI is InChI=1S/C4H7N2O5P/c7-3-1-2-4(8)6(3)5-12(9,10)11/h1-2H2,(H3,5,9,10,11). The van der Waals surface area contributed by atoms with Gasteiger partial charge in [-0.3, -0.25) is 9.59 Å². The van der Waals surface area contributed by atoms with Gasteiger partial charge in [-0.2, -0.15) is 0 Å². The highest BCUT2D eigenvalue weighted by atomic mass is 31.2. The molecular formula is C4H7N2O5P. The Balaban J connectivity index is 2.69. The van der Waals surface area contributed by atoms with E-state index < -0.39 is 19.6 Å². The minimum Gasteiger partial charge on any atom is -0.311 e. The van der Waals surface area contributed by atoms with Gasteiger partial charge in [0, 0.05) is 12.8 Å². The first kappa shape index (κ1) is 9.34. The highest BCUT2D eigenvalue weighted by molar-refractivity contribution is 7.49. The van der Waals surface area contributed by atoms with Gasteiger partial charge in [0.1, 0.15) is 0 Å². The number of amides is 2. The van der Waals surface area contributed by atoms with E-state index in [4.69, 9.17) is 9.79 Å². The van der Waals surface area contributed by atoms with Crippen molar-refractivity contribution in [2.75, 3.05) is 0 Å². The average Bonchev–Trinajstić information content (AvgIpc) is 2.16. The van der Waals surface area contributed by atoms with Crippen molar-refractivity contribution < 1.29 is 23.9 Å². The van der Waals surface area contributed by atoms with Crippen LogP contribution in [0.4, 0.5) is 0 Å². The van der Waals surface area contributed by atoms with Crippen molar-refractivity contribution in [2.45, 2.75) is 12.8 Å².